The number of likely N-dealkylation sites (N-methyl/N-ethyl adjacent to an activating group) is 1. The Hall–Kier alpha value is -3.22. The first-order valence-electron chi connectivity index (χ1n) is 8.20. The third-order valence-corrected chi connectivity index (χ3v) is 3.81. The molecule has 0 atom stereocenters. The lowest BCUT2D eigenvalue weighted by Gasteiger charge is -2.20. The number of rotatable bonds is 7. The number of esters is 1. The standard InChI is InChI=1S/C19H19NO6/c1-2-20(11-14-5-7-16-17(10-14)26-13-25-16)18(21)12-24-19(22)8-6-15-4-3-9-23-15/h3-10H,2,11-13H2,1H3/b8-6+. The Bertz CT molecular complexity index is 796. The molecule has 1 aromatic heterocycles. The van der Waals surface area contributed by atoms with Gasteiger partial charge in [-0.1, -0.05) is 6.07 Å². The second-order valence-corrected chi connectivity index (χ2v) is 5.55. The van der Waals surface area contributed by atoms with Gasteiger partial charge < -0.3 is 23.5 Å². The molecule has 1 aromatic carbocycles. The highest BCUT2D eigenvalue weighted by Crippen LogP contribution is 2.32. The first-order chi connectivity index (χ1) is 12.7. The normalized spacial score (nSPS) is 12.3. The van der Waals surface area contributed by atoms with E-state index in [2.05, 4.69) is 0 Å². The number of amides is 1. The molecule has 0 spiro atoms. The van der Waals surface area contributed by atoms with Gasteiger partial charge in [0.25, 0.3) is 5.91 Å². The zero-order valence-corrected chi connectivity index (χ0v) is 14.3. The number of benzene rings is 1. The van der Waals surface area contributed by atoms with Crippen molar-refractivity contribution < 1.29 is 28.2 Å². The Morgan fingerprint density at radius 1 is 1.23 bits per heavy atom. The van der Waals surface area contributed by atoms with Gasteiger partial charge in [-0.3, -0.25) is 4.79 Å². The van der Waals surface area contributed by atoms with Crippen LogP contribution in [0.25, 0.3) is 6.08 Å². The lowest BCUT2D eigenvalue weighted by molar-refractivity contribution is -0.148. The molecule has 0 unspecified atom stereocenters. The van der Waals surface area contributed by atoms with E-state index >= 15 is 0 Å². The van der Waals surface area contributed by atoms with Crippen molar-refractivity contribution in [1.29, 1.82) is 0 Å². The molecule has 26 heavy (non-hydrogen) atoms. The van der Waals surface area contributed by atoms with Crippen LogP contribution >= 0.6 is 0 Å². The maximum atomic E-state index is 12.3. The van der Waals surface area contributed by atoms with Crippen molar-refractivity contribution in [1.82, 2.24) is 4.90 Å². The smallest absolute Gasteiger partial charge is 0.331 e. The van der Waals surface area contributed by atoms with E-state index in [1.54, 1.807) is 17.0 Å². The molecule has 0 bridgehead atoms. The fraction of sp³-hybridized carbons (Fsp3) is 0.263. The second-order valence-electron chi connectivity index (χ2n) is 5.55. The number of carbonyl (C=O) groups is 2. The third-order valence-electron chi connectivity index (χ3n) is 3.81. The highest BCUT2D eigenvalue weighted by Gasteiger charge is 2.17. The molecule has 1 aliphatic heterocycles. The van der Waals surface area contributed by atoms with Gasteiger partial charge in [0.2, 0.25) is 6.79 Å². The number of hydrogen-bond donors (Lipinski definition) is 0. The summed E-state index contributed by atoms with van der Waals surface area (Å²) >= 11 is 0. The maximum Gasteiger partial charge on any atom is 0.331 e. The molecule has 2 aromatic rings. The molecule has 3 rings (SSSR count). The summed E-state index contributed by atoms with van der Waals surface area (Å²) < 4.78 is 20.7. The van der Waals surface area contributed by atoms with E-state index in [4.69, 9.17) is 18.6 Å². The highest BCUT2D eigenvalue weighted by atomic mass is 16.7. The fourth-order valence-corrected chi connectivity index (χ4v) is 2.44. The number of ether oxygens (including phenoxy) is 3. The first-order valence-corrected chi connectivity index (χ1v) is 8.20. The number of carbonyl (C=O) groups excluding carboxylic acids is 2. The van der Waals surface area contributed by atoms with Crippen LogP contribution in [0.1, 0.15) is 18.2 Å². The van der Waals surface area contributed by atoms with Gasteiger partial charge in [-0.25, -0.2) is 4.79 Å². The Morgan fingerprint density at radius 2 is 2.08 bits per heavy atom. The zero-order valence-electron chi connectivity index (χ0n) is 14.3. The summed E-state index contributed by atoms with van der Waals surface area (Å²) in [7, 11) is 0. The van der Waals surface area contributed by atoms with E-state index in [-0.39, 0.29) is 19.3 Å². The molecule has 136 valence electrons. The van der Waals surface area contributed by atoms with Gasteiger partial charge in [-0.2, -0.15) is 0 Å². The molecule has 0 N–H and O–H groups in total. The molecule has 0 saturated carbocycles. The van der Waals surface area contributed by atoms with Crippen LogP contribution in [0.3, 0.4) is 0 Å². The molecule has 1 aliphatic rings. The summed E-state index contributed by atoms with van der Waals surface area (Å²) in [5.41, 5.74) is 0.911. The second kappa shape index (κ2) is 8.24. The molecular formula is C19H19NO6. The molecular weight excluding hydrogens is 338 g/mol. The Labute approximate surface area is 150 Å². The summed E-state index contributed by atoms with van der Waals surface area (Å²) in [6, 6.07) is 8.95. The van der Waals surface area contributed by atoms with Gasteiger partial charge in [0, 0.05) is 19.2 Å². The van der Waals surface area contributed by atoms with Crippen molar-refractivity contribution >= 4 is 18.0 Å². The minimum absolute atomic E-state index is 0.205. The van der Waals surface area contributed by atoms with Crippen molar-refractivity contribution in [3.63, 3.8) is 0 Å². The van der Waals surface area contributed by atoms with Crippen molar-refractivity contribution in [2.45, 2.75) is 13.5 Å². The molecule has 2 heterocycles. The van der Waals surface area contributed by atoms with Crippen LogP contribution in [0.15, 0.2) is 47.1 Å². The number of fused-ring (bicyclic) bond motifs is 1. The summed E-state index contributed by atoms with van der Waals surface area (Å²) in [6.45, 7) is 2.64. The lowest BCUT2D eigenvalue weighted by atomic mass is 10.2. The number of nitrogens with zero attached hydrogens (tertiary/aromatic N) is 1. The average molecular weight is 357 g/mol. The molecule has 7 nitrogen and oxygen atoms in total. The van der Waals surface area contributed by atoms with Crippen molar-refractivity contribution in [2.24, 2.45) is 0 Å². The van der Waals surface area contributed by atoms with Gasteiger partial charge in [0.15, 0.2) is 18.1 Å². The molecule has 0 saturated heterocycles. The van der Waals surface area contributed by atoms with Crippen LogP contribution in [0.2, 0.25) is 0 Å². The van der Waals surface area contributed by atoms with Crippen LogP contribution < -0.4 is 9.47 Å². The van der Waals surface area contributed by atoms with Crippen LogP contribution in [0.5, 0.6) is 11.5 Å². The highest BCUT2D eigenvalue weighted by molar-refractivity contribution is 5.88. The van der Waals surface area contributed by atoms with Crippen LogP contribution in [0, 0.1) is 0 Å². The van der Waals surface area contributed by atoms with E-state index in [1.807, 2.05) is 25.1 Å². The average Bonchev–Trinajstić information content (AvgIpc) is 3.33. The predicted molar refractivity (Wildman–Crippen MR) is 92.4 cm³/mol. The molecule has 1 amide bonds. The quantitative estimate of drug-likeness (QED) is 0.560. The third kappa shape index (κ3) is 4.44. The zero-order chi connectivity index (χ0) is 18.4. The van der Waals surface area contributed by atoms with Crippen LogP contribution in [-0.2, 0) is 20.9 Å². The molecule has 0 fully saturated rings. The summed E-state index contributed by atoms with van der Waals surface area (Å²) in [6.07, 6.45) is 4.21. The maximum absolute atomic E-state index is 12.3. The van der Waals surface area contributed by atoms with Crippen molar-refractivity contribution in [3.05, 3.63) is 54.0 Å². The van der Waals surface area contributed by atoms with Crippen LogP contribution in [0.4, 0.5) is 0 Å². The topological polar surface area (TPSA) is 78.2 Å². The van der Waals surface area contributed by atoms with E-state index in [9.17, 15) is 9.59 Å². The molecule has 7 heteroatoms. The van der Waals surface area contributed by atoms with Gasteiger partial charge in [0.1, 0.15) is 5.76 Å². The fourth-order valence-electron chi connectivity index (χ4n) is 2.44. The summed E-state index contributed by atoms with van der Waals surface area (Å²) in [5, 5.41) is 0. The Morgan fingerprint density at radius 3 is 2.85 bits per heavy atom. The van der Waals surface area contributed by atoms with Crippen LogP contribution in [-0.4, -0.2) is 36.7 Å². The SMILES string of the molecule is CCN(Cc1ccc2c(c1)OCO2)C(=O)COC(=O)/C=C/c1ccco1. The predicted octanol–water partition coefficient (Wildman–Crippen LogP) is 2.61. The molecule has 0 aliphatic carbocycles. The monoisotopic (exact) mass is 357 g/mol. The minimum Gasteiger partial charge on any atom is -0.465 e. The Balaban J connectivity index is 1.51. The number of furan rings is 1. The van der Waals surface area contributed by atoms with Gasteiger partial charge in [-0.15, -0.1) is 0 Å². The first kappa shape index (κ1) is 17.6. The lowest BCUT2D eigenvalue weighted by Crippen LogP contribution is -2.33. The van der Waals surface area contributed by atoms with Gasteiger partial charge in [-0.05, 0) is 42.8 Å². The van der Waals surface area contributed by atoms with E-state index in [0.717, 1.165) is 5.56 Å². The largest absolute Gasteiger partial charge is 0.465 e. The van der Waals surface area contributed by atoms with E-state index in [1.165, 1.54) is 18.4 Å². The van der Waals surface area contributed by atoms with Gasteiger partial charge in [0.05, 0.1) is 6.26 Å². The van der Waals surface area contributed by atoms with E-state index < -0.39 is 5.97 Å². The minimum atomic E-state index is -0.603. The van der Waals surface area contributed by atoms with Crippen molar-refractivity contribution in [2.75, 3.05) is 19.9 Å². The summed E-state index contributed by atoms with van der Waals surface area (Å²) in [5.74, 6) is 1.02. The Kier molecular flexibility index (Phi) is 5.58. The molecule has 0 radical (unpaired) electrons. The van der Waals surface area contributed by atoms with E-state index in [0.29, 0.717) is 30.3 Å². The summed E-state index contributed by atoms with van der Waals surface area (Å²) in [4.78, 5) is 25.6. The van der Waals surface area contributed by atoms with Crippen molar-refractivity contribution in [3.8, 4) is 11.5 Å². The van der Waals surface area contributed by atoms with Gasteiger partial charge >= 0.3 is 5.97 Å². The number of hydrogen-bond acceptors (Lipinski definition) is 6.